The predicted molar refractivity (Wildman–Crippen MR) is 87.8 cm³/mol. The number of amides is 1. The second-order valence-corrected chi connectivity index (χ2v) is 6.08. The SMILES string of the molecule is CN(O)C(=O)C(=O)CC(O)(c1ccccc1)c1ccc(Br)cc1. The van der Waals surface area contributed by atoms with Crippen LogP contribution in [0.3, 0.4) is 0 Å². The van der Waals surface area contributed by atoms with Gasteiger partial charge in [-0.15, -0.1) is 0 Å². The predicted octanol–water partition coefficient (Wildman–Crippen LogP) is 2.49. The van der Waals surface area contributed by atoms with Crippen molar-refractivity contribution in [2.45, 2.75) is 12.0 Å². The van der Waals surface area contributed by atoms with Gasteiger partial charge in [-0.2, -0.15) is 0 Å². The molecule has 2 aromatic carbocycles. The van der Waals surface area contributed by atoms with Crippen LogP contribution in [0, 0.1) is 0 Å². The lowest BCUT2D eigenvalue weighted by Crippen LogP contribution is -2.37. The molecule has 0 aliphatic rings. The first-order valence-corrected chi connectivity index (χ1v) is 7.67. The number of Topliss-reactive ketones (excluding diaryl/α,β-unsaturated/α-hetero) is 1. The monoisotopic (exact) mass is 377 g/mol. The molecular formula is C17H16BrNO4. The Hall–Kier alpha value is -2.02. The third-order valence-electron chi connectivity index (χ3n) is 3.52. The Kier molecular flexibility index (Phi) is 5.30. The molecule has 0 aromatic heterocycles. The van der Waals surface area contributed by atoms with Crippen LogP contribution < -0.4 is 0 Å². The highest BCUT2D eigenvalue weighted by Gasteiger charge is 2.36. The van der Waals surface area contributed by atoms with Crippen LogP contribution in [0.1, 0.15) is 17.5 Å². The Morgan fingerprint density at radius 2 is 1.57 bits per heavy atom. The maximum atomic E-state index is 12.1. The van der Waals surface area contributed by atoms with E-state index in [1.807, 2.05) is 0 Å². The molecule has 1 atom stereocenters. The third kappa shape index (κ3) is 3.85. The van der Waals surface area contributed by atoms with E-state index >= 15 is 0 Å². The van der Waals surface area contributed by atoms with Crippen LogP contribution in [-0.4, -0.2) is 34.1 Å². The van der Waals surface area contributed by atoms with Gasteiger partial charge in [-0.3, -0.25) is 14.8 Å². The normalized spacial score (nSPS) is 13.2. The molecule has 0 bridgehead atoms. The van der Waals surface area contributed by atoms with Gasteiger partial charge in [0.25, 0.3) is 0 Å². The molecule has 2 N–H and O–H groups in total. The molecule has 0 saturated carbocycles. The molecular weight excluding hydrogens is 362 g/mol. The number of rotatable bonds is 5. The van der Waals surface area contributed by atoms with E-state index < -0.39 is 23.7 Å². The van der Waals surface area contributed by atoms with Crippen LogP contribution in [0.4, 0.5) is 0 Å². The van der Waals surface area contributed by atoms with Gasteiger partial charge in [0.2, 0.25) is 5.78 Å². The molecule has 0 radical (unpaired) electrons. The van der Waals surface area contributed by atoms with E-state index in [4.69, 9.17) is 5.21 Å². The van der Waals surface area contributed by atoms with Crippen molar-refractivity contribution in [3.05, 3.63) is 70.2 Å². The molecule has 0 aliphatic heterocycles. The highest BCUT2D eigenvalue weighted by atomic mass is 79.9. The van der Waals surface area contributed by atoms with Crippen molar-refractivity contribution in [1.82, 2.24) is 5.06 Å². The fourth-order valence-corrected chi connectivity index (χ4v) is 2.56. The Bertz CT molecular complexity index is 700. The largest absolute Gasteiger partial charge is 0.380 e. The van der Waals surface area contributed by atoms with Crippen molar-refractivity contribution < 1.29 is 19.9 Å². The maximum Gasteiger partial charge on any atom is 0.313 e. The van der Waals surface area contributed by atoms with Gasteiger partial charge in [0, 0.05) is 11.5 Å². The zero-order valence-corrected chi connectivity index (χ0v) is 14.0. The van der Waals surface area contributed by atoms with Gasteiger partial charge in [-0.05, 0) is 23.3 Å². The second-order valence-electron chi connectivity index (χ2n) is 5.16. The Morgan fingerprint density at radius 3 is 2.09 bits per heavy atom. The summed E-state index contributed by atoms with van der Waals surface area (Å²) in [6.45, 7) is 0. The number of benzene rings is 2. The van der Waals surface area contributed by atoms with Gasteiger partial charge in [0.1, 0.15) is 5.60 Å². The van der Waals surface area contributed by atoms with Gasteiger partial charge >= 0.3 is 5.91 Å². The van der Waals surface area contributed by atoms with Crippen LogP contribution in [-0.2, 0) is 15.2 Å². The molecule has 5 nitrogen and oxygen atoms in total. The van der Waals surface area contributed by atoms with Crippen LogP contribution in [0.25, 0.3) is 0 Å². The molecule has 0 fully saturated rings. The highest BCUT2D eigenvalue weighted by Crippen LogP contribution is 2.34. The first-order valence-electron chi connectivity index (χ1n) is 6.88. The summed E-state index contributed by atoms with van der Waals surface area (Å²) in [5.74, 6) is -1.96. The minimum absolute atomic E-state index is 0.218. The summed E-state index contributed by atoms with van der Waals surface area (Å²) >= 11 is 3.32. The van der Waals surface area contributed by atoms with Crippen LogP contribution in [0.2, 0.25) is 0 Å². The zero-order valence-electron chi connectivity index (χ0n) is 12.4. The number of likely N-dealkylation sites (N-methyl/N-ethyl adjacent to an activating group) is 1. The fourth-order valence-electron chi connectivity index (χ4n) is 2.30. The molecule has 2 aromatic rings. The summed E-state index contributed by atoms with van der Waals surface area (Å²) < 4.78 is 0.828. The molecule has 0 aliphatic carbocycles. The van der Waals surface area contributed by atoms with Gasteiger partial charge in [0.05, 0.1) is 6.42 Å². The molecule has 0 heterocycles. The van der Waals surface area contributed by atoms with Crippen LogP contribution in [0.15, 0.2) is 59.1 Å². The lowest BCUT2D eigenvalue weighted by atomic mass is 9.82. The first kappa shape index (κ1) is 17.3. The van der Waals surface area contributed by atoms with Gasteiger partial charge in [-0.25, -0.2) is 5.06 Å². The molecule has 1 amide bonds. The van der Waals surface area contributed by atoms with Crippen molar-refractivity contribution in [2.24, 2.45) is 0 Å². The average molecular weight is 378 g/mol. The van der Waals surface area contributed by atoms with E-state index in [1.165, 1.54) is 0 Å². The van der Waals surface area contributed by atoms with Crippen LogP contribution >= 0.6 is 15.9 Å². The molecule has 1 unspecified atom stereocenters. The second kappa shape index (κ2) is 7.04. The molecule has 6 heteroatoms. The van der Waals surface area contributed by atoms with Crippen molar-refractivity contribution in [3.8, 4) is 0 Å². The van der Waals surface area contributed by atoms with E-state index in [-0.39, 0.29) is 5.06 Å². The summed E-state index contributed by atoms with van der Waals surface area (Å²) in [6.07, 6.45) is -0.470. The minimum Gasteiger partial charge on any atom is -0.380 e. The van der Waals surface area contributed by atoms with E-state index in [2.05, 4.69) is 15.9 Å². The lowest BCUT2D eigenvalue weighted by molar-refractivity contribution is -0.166. The summed E-state index contributed by atoms with van der Waals surface area (Å²) in [4.78, 5) is 23.7. The number of nitrogens with zero attached hydrogens (tertiary/aromatic N) is 1. The number of hydroxylamine groups is 2. The van der Waals surface area contributed by atoms with E-state index in [9.17, 15) is 14.7 Å². The number of halogens is 1. The molecule has 0 saturated heterocycles. The van der Waals surface area contributed by atoms with Gasteiger partial charge in [0.15, 0.2) is 0 Å². The number of hydrogen-bond donors (Lipinski definition) is 2. The summed E-state index contributed by atoms with van der Waals surface area (Å²) in [6, 6.07) is 15.5. The van der Waals surface area contributed by atoms with Crippen molar-refractivity contribution in [3.63, 3.8) is 0 Å². The maximum absolute atomic E-state index is 12.1. The number of carbonyl (C=O) groups excluding carboxylic acids is 2. The lowest BCUT2D eigenvalue weighted by Gasteiger charge is -2.29. The number of ketones is 1. The summed E-state index contributed by atoms with van der Waals surface area (Å²) in [5, 5.41) is 20.5. The third-order valence-corrected chi connectivity index (χ3v) is 4.05. The average Bonchev–Trinajstić information content (AvgIpc) is 2.55. The van der Waals surface area contributed by atoms with E-state index in [0.29, 0.717) is 11.1 Å². The molecule has 23 heavy (non-hydrogen) atoms. The Balaban J connectivity index is 2.46. The topological polar surface area (TPSA) is 77.8 Å². The van der Waals surface area contributed by atoms with Crippen molar-refractivity contribution in [1.29, 1.82) is 0 Å². The minimum atomic E-state index is -1.66. The summed E-state index contributed by atoms with van der Waals surface area (Å²) in [7, 11) is 1.07. The number of aliphatic hydroxyl groups is 1. The van der Waals surface area contributed by atoms with Gasteiger partial charge in [-0.1, -0.05) is 58.4 Å². The quantitative estimate of drug-likeness (QED) is 0.476. The molecule has 0 spiro atoms. The fraction of sp³-hybridized carbons (Fsp3) is 0.176. The van der Waals surface area contributed by atoms with Crippen LogP contribution in [0.5, 0.6) is 0 Å². The summed E-state index contributed by atoms with van der Waals surface area (Å²) in [5.41, 5.74) is -0.692. The smallest absolute Gasteiger partial charge is 0.313 e. The number of carbonyl (C=O) groups is 2. The number of hydrogen-bond acceptors (Lipinski definition) is 4. The van der Waals surface area contributed by atoms with Crippen molar-refractivity contribution in [2.75, 3.05) is 7.05 Å². The Morgan fingerprint density at radius 1 is 1.04 bits per heavy atom. The first-order chi connectivity index (χ1) is 10.8. The highest BCUT2D eigenvalue weighted by molar-refractivity contribution is 9.10. The zero-order chi connectivity index (χ0) is 17.0. The van der Waals surface area contributed by atoms with E-state index in [0.717, 1.165) is 11.5 Å². The Labute approximate surface area is 142 Å². The van der Waals surface area contributed by atoms with E-state index in [1.54, 1.807) is 54.6 Å². The molecule has 120 valence electrons. The van der Waals surface area contributed by atoms with Crippen molar-refractivity contribution >= 4 is 27.6 Å². The molecule has 2 rings (SSSR count). The standard InChI is InChI=1S/C17H16BrNO4/c1-19(23)16(21)15(20)11-17(22,12-5-3-2-4-6-12)13-7-9-14(18)10-8-13/h2-10,22-23H,11H2,1H3. The van der Waals surface area contributed by atoms with Gasteiger partial charge < -0.3 is 5.11 Å².